The van der Waals surface area contributed by atoms with Crippen molar-refractivity contribution in [1.82, 2.24) is 23.1 Å². The van der Waals surface area contributed by atoms with E-state index in [9.17, 15) is 9.59 Å². The number of fused-ring (bicyclic) bond motifs is 3. The number of aromatic nitrogens is 5. The topological polar surface area (TPSA) is 75.5 Å². The molecular weight excluding hydrogens is 346 g/mol. The summed E-state index contributed by atoms with van der Waals surface area (Å²) in [4.78, 5) is 30.1. The minimum atomic E-state index is -0.422. The first-order valence-electron chi connectivity index (χ1n) is 8.43. The van der Waals surface area contributed by atoms with E-state index in [4.69, 9.17) is 4.74 Å². The van der Waals surface area contributed by atoms with Crippen LogP contribution in [0.1, 0.15) is 5.69 Å². The Hall–Kier alpha value is -3.55. The summed E-state index contributed by atoms with van der Waals surface area (Å²) in [5.74, 6) is 1.22. The molecule has 8 nitrogen and oxygen atoms in total. The van der Waals surface area contributed by atoms with E-state index < -0.39 is 11.2 Å². The lowest BCUT2D eigenvalue weighted by Gasteiger charge is -2.10. The fourth-order valence-corrected chi connectivity index (χ4v) is 3.41. The summed E-state index contributed by atoms with van der Waals surface area (Å²) in [5.41, 5.74) is 1.56. The highest BCUT2D eigenvalue weighted by Crippen LogP contribution is 2.27. The Morgan fingerprint density at radius 3 is 2.70 bits per heavy atom. The lowest BCUT2D eigenvalue weighted by molar-refractivity contribution is 0.413. The van der Waals surface area contributed by atoms with Gasteiger partial charge in [-0.2, -0.15) is 4.98 Å². The summed E-state index contributed by atoms with van der Waals surface area (Å²) < 4.78 is 11.6. The first-order valence-corrected chi connectivity index (χ1v) is 8.43. The van der Waals surface area contributed by atoms with Crippen LogP contribution in [0.25, 0.3) is 22.6 Å². The number of para-hydroxylation sites is 2. The molecule has 0 radical (unpaired) electrons. The van der Waals surface area contributed by atoms with Crippen LogP contribution in [-0.4, -0.2) is 30.2 Å². The number of rotatable bonds is 4. The summed E-state index contributed by atoms with van der Waals surface area (Å²) in [5, 5.41) is 0. The molecule has 0 unspecified atom stereocenters. The molecule has 27 heavy (non-hydrogen) atoms. The van der Waals surface area contributed by atoms with Crippen LogP contribution in [0.4, 0.5) is 0 Å². The van der Waals surface area contributed by atoms with Crippen LogP contribution in [0.3, 0.4) is 0 Å². The molecule has 4 rings (SSSR count). The standard InChI is InChI=1S/C19H19N5O3/c1-5-10-22-17(25)15-16(21(3)19(22)26)20-18-23(15)11-12(2)24(18)13-8-6-7-9-14(13)27-4/h5-9,11H,1,10H2,2-4H3. The molecule has 0 fully saturated rings. The van der Waals surface area contributed by atoms with Gasteiger partial charge in [0.15, 0.2) is 11.2 Å². The van der Waals surface area contributed by atoms with Crippen LogP contribution in [0.5, 0.6) is 5.75 Å². The van der Waals surface area contributed by atoms with E-state index in [2.05, 4.69) is 11.6 Å². The summed E-state index contributed by atoms with van der Waals surface area (Å²) in [7, 11) is 3.21. The molecule has 4 aromatic rings. The second-order valence-corrected chi connectivity index (χ2v) is 6.28. The molecule has 1 aromatic carbocycles. The van der Waals surface area contributed by atoms with Gasteiger partial charge in [0, 0.05) is 25.5 Å². The zero-order valence-electron chi connectivity index (χ0n) is 15.3. The maximum atomic E-state index is 13.0. The largest absolute Gasteiger partial charge is 0.495 e. The Bertz CT molecular complexity index is 1320. The normalized spacial score (nSPS) is 11.4. The Balaban J connectivity index is 2.17. The van der Waals surface area contributed by atoms with Crippen molar-refractivity contribution in [2.24, 2.45) is 7.05 Å². The van der Waals surface area contributed by atoms with E-state index in [0.29, 0.717) is 22.7 Å². The third kappa shape index (κ3) is 2.26. The van der Waals surface area contributed by atoms with Crippen LogP contribution >= 0.6 is 0 Å². The molecule has 0 saturated carbocycles. The van der Waals surface area contributed by atoms with Gasteiger partial charge >= 0.3 is 5.69 Å². The zero-order chi connectivity index (χ0) is 19.3. The summed E-state index contributed by atoms with van der Waals surface area (Å²) in [6, 6.07) is 7.57. The van der Waals surface area contributed by atoms with Crippen molar-refractivity contribution in [2.75, 3.05) is 7.11 Å². The van der Waals surface area contributed by atoms with Crippen molar-refractivity contribution >= 4 is 16.9 Å². The third-order valence-corrected chi connectivity index (χ3v) is 4.66. The van der Waals surface area contributed by atoms with Gasteiger partial charge in [0.05, 0.1) is 12.8 Å². The quantitative estimate of drug-likeness (QED) is 0.515. The number of imidazole rings is 2. The smallest absolute Gasteiger partial charge is 0.332 e. The van der Waals surface area contributed by atoms with Gasteiger partial charge in [0.1, 0.15) is 5.75 Å². The summed E-state index contributed by atoms with van der Waals surface area (Å²) in [6.07, 6.45) is 3.36. The molecular formula is C19H19N5O3. The molecule has 3 heterocycles. The van der Waals surface area contributed by atoms with E-state index in [1.54, 1.807) is 18.6 Å². The average Bonchev–Trinajstić information content (AvgIpc) is 3.18. The minimum absolute atomic E-state index is 0.140. The second-order valence-electron chi connectivity index (χ2n) is 6.28. The van der Waals surface area contributed by atoms with Crippen molar-refractivity contribution in [2.45, 2.75) is 13.5 Å². The molecule has 0 saturated heterocycles. The lowest BCUT2D eigenvalue weighted by atomic mass is 10.3. The number of hydrogen-bond acceptors (Lipinski definition) is 4. The molecule has 3 aromatic heterocycles. The van der Waals surface area contributed by atoms with Gasteiger partial charge in [0.2, 0.25) is 5.78 Å². The number of aryl methyl sites for hydroxylation is 2. The highest BCUT2D eigenvalue weighted by molar-refractivity contribution is 5.76. The Kier molecular flexibility index (Phi) is 3.76. The van der Waals surface area contributed by atoms with Crippen molar-refractivity contribution < 1.29 is 4.74 Å². The molecule has 0 aliphatic carbocycles. The third-order valence-electron chi connectivity index (χ3n) is 4.66. The van der Waals surface area contributed by atoms with Gasteiger partial charge in [-0.25, -0.2) is 4.79 Å². The molecule has 0 atom stereocenters. The first-order chi connectivity index (χ1) is 13.0. The maximum absolute atomic E-state index is 13.0. The number of hydrogen-bond donors (Lipinski definition) is 0. The maximum Gasteiger partial charge on any atom is 0.332 e. The molecule has 0 amide bonds. The molecule has 0 aliphatic rings. The highest BCUT2D eigenvalue weighted by atomic mass is 16.5. The Morgan fingerprint density at radius 2 is 2.00 bits per heavy atom. The number of nitrogens with zero attached hydrogens (tertiary/aromatic N) is 5. The van der Waals surface area contributed by atoms with Crippen LogP contribution < -0.4 is 16.0 Å². The van der Waals surface area contributed by atoms with Gasteiger partial charge < -0.3 is 4.74 Å². The monoisotopic (exact) mass is 365 g/mol. The van der Waals surface area contributed by atoms with E-state index >= 15 is 0 Å². The molecule has 0 spiro atoms. The highest BCUT2D eigenvalue weighted by Gasteiger charge is 2.21. The van der Waals surface area contributed by atoms with Crippen molar-refractivity contribution in [1.29, 1.82) is 0 Å². The summed E-state index contributed by atoms with van der Waals surface area (Å²) in [6.45, 7) is 5.69. The molecule has 138 valence electrons. The predicted octanol–water partition coefficient (Wildman–Crippen LogP) is 1.64. The number of methoxy groups -OCH3 is 1. The van der Waals surface area contributed by atoms with Crippen LogP contribution in [0.15, 0.2) is 52.7 Å². The molecule has 0 bridgehead atoms. The van der Waals surface area contributed by atoms with Crippen molar-refractivity contribution in [3.63, 3.8) is 0 Å². The van der Waals surface area contributed by atoms with Gasteiger partial charge in [-0.1, -0.05) is 18.2 Å². The van der Waals surface area contributed by atoms with E-state index in [1.807, 2.05) is 42.0 Å². The van der Waals surface area contributed by atoms with E-state index in [1.165, 1.54) is 10.6 Å². The van der Waals surface area contributed by atoms with Crippen molar-refractivity contribution in [3.8, 4) is 11.4 Å². The van der Waals surface area contributed by atoms with Gasteiger partial charge in [-0.05, 0) is 19.1 Å². The predicted molar refractivity (Wildman–Crippen MR) is 103 cm³/mol. The summed E-state index contributed by atoms with van der Waals surface area (Å²) >= 11 is 0. The second kappa shape index (κ2) is 6.01. The number of allylic oxidation sites excluding steroid dienone is 1. The van der Waals surface area contributed by atoms with Gasteiger partial charge in [-0.3, -0.25) is 22.9 Å². The zero-order valence-corrected chi connectivity index (χ0v) is 15.3. The molecule has 8 heteroatoms. The number of benzene rings is 1. The van der Waals surface area contributed by atoms with Crippen LogP contribution in [-0.2, 0) is 13.6 Å². The fourth-order valence-electron chi connectivity index (χ4n) is 3.41. The van der Waals surface area contributed by atoms with Crippen LogP contribution in [0, 0.1) is 6.92 Å². The van der Waals surface area contributed by atoms with Crippen LogP contribution in [0.2, 0.25) is 0 Å². The Morgan fingerprint density at radius 1 is 1.26 bits per heavy atom. The number of ether oxygens (including phenoxy) is 1. The Labute approximate surface area is 154 Å². The molecule has 0 aliphatic heterocycles. The van der Waals surface area contributed by atoms with E-state index in [0.717, 1.165) is 15.9 Å². The first kappa shape index (κ1) is 16.9. The van der Waals surface area contributed by atoms with Crippen molar-refractivity contribution in [3.05, 3.63) is 69.6 Å². The van der Waals surface area contributed by atoms with Gasteiger partial charge in [-0.15, -0.1) is 6.58 Å². The van der Waals surface area contributed by atoms with E-state index in [-0.39, 0.29) is 6.54 Å². The van der Waals surface area contributed by atoms with Gasteiger partial charge in [0.25, 0.3) is 5.56 Å². The SMILES string of the molecule is C=CCn1c(=O)c2c(nc3n(-c4ccccc4OC)c(C)cn23)n(C)c1=O. The molecule has 0 N–H and O–H groups in total. The lowest BCUT2D eigenvalue weighted by Crippen LogP contribution is -2.39. The minimum Gasteiger partial charge on any atom is -0.495 e. The fraction of sp³-hybridized carbons (Fsp3) is 0.211. The average molecular weight is 365 g/mol.